The van der Waals surface area contributed by atoms with Crippen molar-refractivity contribution in [1.82, 2.24) is 4.98 Å². The molecule has 1 aromatic carbocycles. The van der Waals surface area contributed by atoms with Crippen LogP contribution in [0.4, 0.5) is 14.5 Å². The van der Waals surface area contributed by atoms with Gasteiger partial charge in [-0.15, -0.1) is 0 Å². The number of anilines is 1. The molecule has 1 heterocycles. The van der Waals surface area contributed by atoms with E-state index < -0.39 is 28.8 Å². The number of para-hydroxylation sites is 1. The van der Waals surface area contributed by atoms with E-state index in [1.165, 1.54) is 6.07 Å². The molecule has 0 spiro atoms. The van der Waals surface area contributed by atoms with Gasteiger partial charge >= 0.3 is 0 Å². The van der Waals surface area contributed by atoms with Crippen molar-refractivity contribution in [3.8, 4) is 0 Å². The second-order valence-electron chi connectivity index (χ2n) is 3.62. The van der Waals surface area contributed by atoms with Crippen LogP contribution in [0.1, 0.15) is 10.4 Å². The smallest absolute Gasteiger partial charge is 0.266 e. The minimum absolute atomic E-state index is 0.0211. The fraction of sp³-hybridized carbons (Fsp3) is 0. The number of aromatic amines is 1. The van der Waals surface area contributed by atoms with Crippen LogP contribution < -0.4 is 10.9 Å². The lowest BCUT2D eigenvalue weighted by atomic mass is 10.2. The van der Waals surface area contributed by atoms with Crippen LogP contribution in [-0.4, -0.2) is 10.9 Å². The summed E-state index contributed by atoms with van der Waals surface area (Å²) in [6, 6.07) is 4.31. The standard InChI is InChI=1S/C12H7ClF2N2O2/c13-7-4-6(5-16-12(7)19)11(18)17-10-8(14)2-1-3-9(10)15/h1-5H,(H,16,19)(H,17,18). The second-order valence-corrected chi connectivity index (χ2v) is 4.02. The van der Waals surface area contributed by atoms with E-state index in [9.17, 15) is 18.4 Å². The minimum Gasteiger partial charge on any atom is -0.327 e. The molecule has 98 valence electrons. The summed E-state index contributed by atoms with van der Waals surface area (Å²) in [5.74, 6) is -2.59. The van der Waals surface area contributed by atoms with Gasteiger partial charge in [-0.3, -0.25) is 9.59 Å². The van der Waals surface area contributed by atoms with Crippen molar-refractivity contribution in [3.63, 3.8) is 0 Å². The molecule has 0 atom stereocenters. The first-order valence-corrected chi connectivity index (χ1v) is 5.50. The Morgan fingerprint density at radius 3 is 2.47 bits per heavy atom. The summed E-state index contributed by atoms with van der Waals surface area (Å²) in [5, 5.41) is 1.88. The SMILES string of the molecule is O=C(Nc1c(F)cccc1F)c1c[nH]c(=O)c(Cl)c1. The monoisotopic (exact) mass is 284 g/mol. The van der Waals surface area contributed by atoms with Crippen molar-refractivity contribution in [2.45, 2.75) is 0 Å². The molecule has 0 fully saturated rings. The normalized spacial score (nSPS) is 10.3. The highest BCUT2D eigenvalue weighted by Gasteiger charge is 2.14. The quantitative estimate of drug-likeness (QED) is 0.890. The summed E-state index contributed by atoms with van der Waals surface area (Å²) >= 11 is 5.55. The number of carbonyl (C=O) groups is 1. The van der Waals surface area contributed by atoms with E-state index in [0.717, 1.165) is 24.4 Å². The summed E-state index contributed by atoms with van der Waals surface area (Å²) < 4.78 is 26.7. The first kappa shape index (κ1) is 13.2. The topological polar surface area (TPSA) is 62.0 Å². The number of aromatic nitrogens is 1. The molecule has 1 amide bonds. The van der Waals surface area contributed by atoms with E-state index >= 15 is 0 Å². The van der Waals surface area contributed by atoms with Gasteiger partial charge in [-0.25, -0.2) is 8.78 Å². The summed E-state index contributed by atoms with van der Waals surface area (Å²) in [5.41, 5.74) is -1.14. The zero-order valence-corrected chi connectivity index (χ0v) is 10.1. The minimum atomic E-state index is -0.899. The van der Waals surface area contributed by atoms with Crippen LogP contribution in [0.2, 0.25) is 5.02 Å². The molecule has 0 bridgehead atoms. The lowest BCUT2D eigenvalue weighted by Crippen LogP contribution is -2.17. The molecule has 0 aliphatic rings. The van der Waals surface area contributed by atoms with Gasteiger partial charge in [0.25, 0.3) is 11.5 Å². The number of H-pyrrole nitrogens is 1. The maximum atomic E-state index is 13.3. The fourth-order valence-corrected chi connectivity index (χ4v) is 1.56. The van der Waals surface area contributed by atoms with Crippen molar-refractivity contribution >= 4 is 23.2 Å². The largest absolute Gasteiger partial charge is 0.327 e. The first-order chi connectivity index (χ1) is 8.99. The van der Waals surface area contributed by atoms with E-state index in [0.29, 0.717) is 0 Å². The molecular weight excluding hydrogens is 278 g/mol. The van der Waals surface area contributed by atoms with Crippen molar-refractivity contribution in [3.05, 3.63) is 63.0 Å². The van der Waals surface area contributed by atoms with Crippen molar-refractivity contribution in [1.29, 1.82) is 0 Å². The summed E-state index contributed by atoms with van der Waals surface area (Å²) in [6.07, 6.45) is 1.10. The van der Waals surface area contributed by atoms with E-state index in [2.05, 4.69) is 10.3 Å². The number of rotatable bonds is 2. The van der Waals surface area contributed by atoms with Crippen molar-refractivity contribution < 1.29 is 13.6 Å². The van der Waals surface area contributed by atoms with Crippen LogP contribution in [0.5, 0.6) is 0 Å². The molecule has 2 aromatic rings. The average molecular weight is 285 g/mol. The van der Waals surface area contributed by atoms with Crippen LogP contribution in [-0.2, 0) is 0 Å². The van der Waals surface area contributed by atoms with Gasteiger partial charge in [-0.2, -0.15) is 0 Å². The lowest BCUT2D eigenvalue weighted by molar-refractivity contribution is 0.102. The van der Waals surface area contributed by atoms with Gasteiger partial charge in [0, 0.05) is 6.20 Å². The summed E-state index contributed by atoms with van der Waals surface area (Å²) in [6.45, 7) is 0. The van der Waals surface area contributed by atoms with Crippen molar-refractivity contribution in [2.75, 3.05) is 5.32 Å². The van der Waals surface area contributed by atoms with Gasteiger partial charge < -0.3 is 10.3 Å². The average Bonchev–Trinajstić information content (AvgIpc) is 2.37. The molecule has 0 aliphatic heterocycles. The lowest BCUT2D eigenvalue weighted by Gasteiger charge is -2.07. The zero-order chi connectivity index (χ0) is 14.0. The molecule has 0 unspecified atom stereocenters. The molecule has 4 nitrogen and oxygen atoms in total. The highest BCUT2D eigenvalue weighted by Crippen LogP contribution is 2.19. The van der Waals surface area contributed by atoms with E-state index in [1.807, 2.05) is 0 Å². The van der Waals surface area contributed by atoms with Gasteiger partial charge in [0.1, 0.15) is 22.3 Å². The number of benzene rings is 1. The Morgan fingerprint density at radius 2 is 1.89 bits per heavy atom. The predicted octanol–water partition coefficient (Wildman–Crippen LogP) is 2.56. The van der Waals surface area contributed by atoms with E-state index in [-0.39, 0.29) is 10.6 Å². The predicted molar refractivity (Wildman–Crippen MR) is 66.4 cm³/mol. The summed E-state index contributed by atoms with van der Waals surface area (Å²) in [7, 11) is 0. The number of carbonyl (C=O) groups excluding carboxylic acids is 1. The van der Waals surface area contributed by atoms with E-state index in [4.69, 9.17) is 11.6 Å². The van der Waals surface area contributed by atoms with Gasteiger partial charge in [-0.05, 0) is 18.2 Å². The first-order valence-electron chi connectivity index (χ1n) is 5.12. The molecule has 0 saturated heterocycles. The molecule has 2 rings (SSSR count). The van der Waals surface area contributed by atoms with Gasteiger partial charge in [0.15, 0.2) is 0 Å². The highest BCUT2D eigenvalue weighted by molar-refractivity contribution is 6.30. The Morgan fingerprint density at radius 1 is 1.26 bits per heavy atom. The number of halogens is 3. The summed E-state index contributed by atoms with van der Waals surface area (Å²) in [4.78, 5) is 25.0. The van der Waals surface area contributed by atoms with Gasteiger partial charge in [0.05, 0.1) is 5.56 Å². The van der Waals surface area contributed by atoms with Crippen molar-refractivity contribution in [2.24, 2.45) is 0 Å². The maximum Gasteiger partial charge on any atom is 0.266 e. The highest BCUT2D eigenvalue weighted by atomic mass is 35.5. The zero-order valence-electron chi connectivity index (χ0n) is 9.34. The maximum absolute atomic E-state index is 13.3. The Kier molecular flexibility index (Phi) is 3.62. The number of nitrogens with one attached hydrogen (secondary N) is 2. The van der Waals surface area contributed by atoms with Crippen LogP contribution in [0.25, 0.3) is 0 Å². The van der Waals surface area contributed by atoms with Gasteiger partial charge in [-0.1, -0.05) is 17.7 Å². The molecule has 0 radical (unpaired) electrons. The van der Waals surface area contributed by atoms with Crippen LogP contribution in [0.15, 0.2) is 35.3 Å². The number of pyridine rings is 1. The molecule has 1 aromatic heterocycles. The van der Waals surface area contributed by atoms with Crippen LogP contribution in [0.3, 0.4) is 0 Å². The Bertz CT molecular complexity index is 680. The van der Waals surface area contributed by atoms with Crippen LogP contribution >= 0.6 is 11.6 Å². The third-order valence-corrected chi connectivity index (χ3v) is 2.60. The Hall–Kier alpha value is -2.21. The fourth-order valence-electron chi connectivity index (χ4n) is 1.39. The number of hydrogen-bond donors (Lipinski definition) is 2. The molecule has 0 saturated carbocycles. The molecule has 0 aliphatic carbocycles. The Labute approximate surface area is 111 Å². The second kappa shape index (κ2) is 5.19. The third-order valence-electron chi connectivity index (χ3n) is 2.32. The van der Waals surface area contributed by atoms with Gasteiger partial charge in [0.2, 0.25) is 0 Å². The molecule has 2 N–H and O–H groups in total. The Balaban J connectivity index is 2.31. The van der Waals surface area contributed by atoms with E-state index in [1.54, 1.807) is 0 Å². The molecule has 7 heteroatoms. The molecular formula is C12H7ClF2N2O2. The molecule has 19 heavy (non-hydrogen) atoms. The number of hydrogen-bond acceptors (Lipinski definition) is 2. The van der Waals surface area contributed by atoms with Crippen LogP contribution in [0, 0.1) is 11.6 Å². The third kappa shape index (κ3) is 2.79. The number of amides is 1.